The Morgan fingerprint density at radius 2 is 2.07 bits per heavy atom. The van der Waals surface area contributed by atoms with Gasteiger partial charge in [0.25, 0.3) is 11.5 Å². The molecule has 27 heavy (non-hydrogen) atoms. The molecule has 2 aromatic heterocycles. The van der Waals surface area contributed by atoms with Gasteiger partial charge < -0.3 is 20.8 Å². The van der Waals surface area contributed by atoms with E-state index in [0.717, 1.165) is 5.39 Å². The summed E-state index contributed by atoms with van der Waals surface area (Å²) < 4.78 is 6.97. The number of nitrogens with one attached hydrogen (secondary N) is 2. The average molecular weight is 363 g/mol. The molecule has 0 atom stereocenters. The number of nitrogens with two attached hydrogens (primary N) is 1. The molecule has 0 aliphatic rings. The zero-order chi connectivity index (χ0) is 19.0. The van der Waals surface area contributed by atoms with Crippen LogP contribution in [0, 0.1) is 0 Å². The van der Waals surface area contributed by atoms with Gasteiger partial charge in [0.1, 0.15) is 22.5 Å². The first-order valence-electron chi connectivity index (χ1n) is 8.31. The van der Waals surface area contributed by atoms with E-state index in [1.165, 1.54) is 4.68 Å². The highest BCUT2D eigenvalue weighted by Gasteiger charge is 2.16. The number of aromatic amines is 1. The van der Waals surface area contributed by atoms with Gasteiger partial charge in [0.15, 0.2) is 6.61 Å². The van der Waals surface area contributed by atoms with Gasteiger partial charge in [-0.05, 0) is 18.2 Å². The van der Waals surface area contributed by atoms with E-state index in [1.807, 2.05) is 24.3 Å². The van der Waals surface area contributed by atoms with Crippen LogP contribution in [0.15, 0.2) is 53.3 Å². The molecule has 4 rings (SSSR count). The number of nitrogen functional groups attached to an aromatic ring is 1. The van der Waals surface area contributed by atoms with Crippen molar-refractivity contribution in [2.24, 2.45) is 0 Å². The van der Waals surface area contributed by atoms with Crippen molar-refractivity contribution in [2.45, 2.75) is 0 Å². The quantitative estimate of drug-likeness (QED) is 0.509. The number of benzene rings is 2. The standard InChI is InChI=1S/C19H17N5O3/c1-21-15(25)10-27-12-6-4-5-11(9-12)24-18(20)16-17(23-24)13-7-2-3-8-14(13)22-19(16)26/h2-9H,10,20H2,1H3,(H,21,25)(H,22,26). The van der Waals surface area contributed by atoms with Gasteiger partial charge >= 0.3 is 0 Å². The number of rotatable bonds is 4. The molecule has 8 heteroatoms. The number of nitrogens with zero attached hydrogens (tertiary/aromatic N) is 2. The maximum Gasteiger partial charge on any atom is 0.261 e. The monoisotopic (exact) mass is 363 g/mol. The van der Waals surface area contributed by atoms with E-state index in [4.69, 9.17) is 10.5 Å². The number of hydrogen-bond acceptors (Lipinski definition) is 5. The molecular formula is C19H17N5O3. The van der Waals surface area contributed by atoms with Crippen molar-refractivity contribution in [1.29, 1.82) is 0 Å². The number of H-pyrrole nitrogens is 1. The molecule has 0 unspecified atom stereocenters. The third-order valence-corrected chi connectivity index (χ3v) is 4.29. The maximum absolute atomic E-state index is 12.5. The average Bonchev–Trinajstić information content (AvgIpc) is 3.04. The molecule has 2 aromatic carbocycles. The summed E-state index contributed by atoms with van der Waals surface area (Å²) >= 11 is 0. The van der Waals surface area contributed by atoms with Crippen LogP contribution < -0.4 is 21.3 Å². The number of aromatic nitrogens is 3. The van der Waals surface area contributed by atoms with E-state index in [9.17, 15) is 9.59 Å². The van der Waals surface area contributed by atoms with Crippen LogP contribution in [-0.4, -0.2) is 34.3 Å². The summed E-state index contributed by atoms with van der Waals surface area (Å²) in [5.74, 6) is 0.497. The largest absolute Gasteiger partial charge is 0.484 e. The predicted octanol–water partition coefficient (Wildman–Crippen LogP) is 1.57. The first-order chi connectivity index (χ1) is 13.1. The van der Waals surface area contributed by atoms with Gasteiger partial charge in [-0.2, -0.15) is 5.10 Å². The number of ether oxygens (including phenoxy) is 1. The van der Waals surface area contributed by atoms with E-state index in [0.29, 0.717) is 27.9 Å². The molecule has 0 fully saturated rings. The minimum atomic E-state index is -0.292. The fourth-order valence-electron chi connectivity index (χ4n) is 2.95. The van der Waals surface area contributed by atoms with Gasteiger partial charge in [-0.15, -0.1) is 0 Å². The number of likely N-dealkylation sites (N-methyl/N-ethyl adjacent to an activating group) is 1. The minimum Gasteiger partial charge on any atom is -0.484 e. The molecule has 0 aliphatic heterocycles. The van der Waals surface area contributed by atoms with Gasteiger partial charge in [-0.1, -0.05) is 24.3 Å². The highest BCUT2D eigenvalue weighted by Crippen LogP contribution is 2.27. The zero-order valence-electron chi connectivity index (χ0n) is 14.5. The molecule has 0 radical (unpaired) electrons. The Bertz CT molecular complexity index is 1230. The molecule has 2 heterocycles. The minimum absolute atomic E-state index is 0.0964. The van der Waals surface area contributed by atoms with Crippen LogP contribution in [0.25, 0.3) is 27.5 Å². The number of anilines is 1. The molecule has 0 spiro atoms. The van der Waals surface area contributed by atoms with Crippen molar-refractivity contribution in [3.63, 3.8) is 0 Å². The Morgan fingerprint density at radius 1 is 1.26 bits per heavy atom. The predicted molar refractivity (Wildman–Crippen MR) is 103 cm³/mol. The summed E-state index contributed by atoms with van der Waals surface area (Å²) in [6, 6.07) is 14.4. The summed E-state index contributed by atoms with van der Waals surface area (Å²) in [6.45, 7) is -0.0964. The number of carbonyl (C=O) groups is 1. The summed E-state index contributed by atoms with van der Waals surface area (Å²) in [6.07, 6.45) is 0. The Morgan fingerprint density at radius 3 is 2.89 bits per heavy atom. The third-order valence-electron chi connectivity index (χ3n) is 4.29. The molecule has 0 aliphatic carbocycles. The van der Waals surface area contributed by atoms with Crippen molar-refractivity contribution in [2.75, 3.05) is 19.4 Å². The van der Waals surface area contributed by atoms with E-state index < -0.39 is 0 Å². The fourth-order valence-corrected chi connectivity index (χ4v) is 2.95. The number of fused-ring (bicyclic) bond motifs is 3. The van der Waals surface area contributed by atoms with Crippen LogP contribution in [-0.2, 0) is 4.79 Å². The Hall–Kier alpha value is -3.81. The zero-order valence-corrected chi connectivity index (χ0v) is 14.5. The normalized spacial score (nSPS) is 11.0. The first-order valence-corrected chi connectivity index (χ1v) is 8.31. The summed E-state index contributed by atoms with van der Waals surface area (Å²) in [5, 5.41) is 8.20. The van der Waals surface area contributed by atoms with E-state index in [1.54, 1.807) is 31.3 Å². The highest BCUT2D eigenvalue weighted by molar-refractivity contribution is 6.06. The van der Waals surface area contributed by atoms with Gasteiger partial charge in [0.2, 0.25) is 0 Å². The lowest BCUT2D eigenvalue weighted by Crippen LogP contribution is -2.24. The van der Waals surface area contributed by atoms with Crippen LogP contribution in [0.5, 0.6) is 5.75 Å². The van der Waals surface area contributed by atoms with E-state index in [2.05, 4.69) is 15.4 Å². The maximum atomic E-state index is 12.5. The van der Waals surface area contributed by atoms with Gasteiger partial charge in [0, 0.05) is 18.5 Å². The molecule has 8 nitrogen and oxygen atoms in total. The second-order valence-electron chi connectivity index (χ2n) is 5.98. The van der Waals surface area contributed by atoms with Crippen molar-refractivity contribution in [3.8, 4) is 11.4 Å². The number of carbonyl (C=O) groups excluding carboxylic acids is 1. The fraction of sp³-hybridized carbons (Fsp3) is 0.105. The Balaban J connectivity index is 1.84. The van der Waals surface area contributed by atoms with Gasteiger partial charge in [-0.25, -0.2) is 4.68 Å². The molecular weight excluding hydrogens is 346 g/mol. The first kappa shape index (κ1) is 16.6. The van der Waals surface area contributed by atoms with Crippen LogP contribution in [0.2, 0.25) is 0 Å². The van der Waals surface area contributed by atoms with Crippen LogP contribution >= 0.6 is 0 Å². The Kier molecular flexibility index (Phi) is 4.00. The van der Waals surface area contributed by atoms with Crippen molar-refractivity contribution < 1.29 is 9.53 Å². The molecule has 4 aromatic rings. The number of amides is 1. The second-order valence-corrected chi connectivity index (χ2v) is 5.98. The SMILES string of the molecule is CNC(=O)COc1cccc(-n2nc3c(c2N)c(=O)[nH]c2ccccc23)c1. The Labute approximate surface area is 153 Å². The van der Waals surface area contributed by atoms with Gasteiger partial charge in [-0.3, -0.25) is 9.59 Å². The van der Waals surface area contributed by atoms with Crippen LogP contribution in [0.4, 0.5) is 5.82 Å². The summed E-state index contributed by atoms with van der Waals surface area (Å²) in [5.41, 5.74) is 7.79. The third kappa shape index (κ3) is 2.86. The lowest BCUT2D eigenvalue weighted by molar-refractivity contribution is -0.122. The van der Waals surface area contributed by atoms with Crippen molar-refractivity contribution in [3.05, 3.63) is 58.9 Å². The summed E-state index contributed by atoms with van der Waals surface area (Å²) in [4.78, 5) is 26.7. The smallest absolute Gasteiger partial charge is 0.261 e. The number of pyridine rings is 1. The van der Waals surface area contributed by atoms with Crippen molar-refractivity contribution in [1.82, 2.24) is 20.1 Å². The van der Waals surface area contributed by atoms with Gasteiger partial charge in [0.05, 0.1) is 11.2 Å². The lowest BCUT2D eigenvalue weighted by atomic mass is 10.1. The van der Waals surface area contributed by atoms with E-state index >= 15 is 0 Å². The summed E-state index contributed by atoms with van der Waals surface area (Å²) in [7, 11) is 1.54. The molecule has 136 valence electrons. The number of para-hydroxylation sites is 1. The topological polar surface area (TPSA) is 115 Å². The second kappa shape index (κ2) is 6.49. The van der Waals surface area contributed by atoms with Crippen LogP contribution in [0.3, 0.4) is 0 Å². The molecule has 0 saturated heterocycles. The molecule has 0 bridgehead atoms. The van der Waals surface area contributed by atoms with Crippen LogP contribution in [0.1, 0.15) is 0 Å². The lowest BCUT2D eigenvalue weighted by Gasteiger charge is -2.08. The number of hydrogen-bond donors (Lipinski definition) is 3. The highest BCUT2D eigenvalue weighted by atomic mass is 16.5. The molecule has 4 N–H and O–H groups in total. The van der Waals surface area contributed by atoms with E-state index in [-0.39, 0.29) is 23.9 Å². The van der Waals surface area contributed by atoms with Crippen molar-refractivity contribution >= 4 is 33.5 Å². The molecule has 0 saturated carbocycles. The molecule has 1 amide bonds.